The Morgan fingerprint density at radius 3 is 2.38 bits per heavy atom. The number of carboxylic acids is 1. The maximum atomic E-state index is 10.2. The van der Waals surface area contributed by atoms with Crippen LogP contribution in [0.15, 0.2) is 0 Å². The van der Waals surface area contributed by atoms with Crippen LogP contribution in [0.25, 0.3) is 0 Å². The molecule has 8 heavy (non-hydrogen) atoms. The van der Waals surface area contributed by atoms with E-state index in [1.165, 1.54) is 0 Å². The smallest absolute Gasteiger partial charge is 0.0485 e. The third kappa shape index (κ3) is 0.652. The van der Waals surface area contributed by atoms with Crippen molar-refractivity contribution < 1.29 is 9.90 Å². The van der Waals surface area contributed by atoms with Crippen LogP contribution < -0.4 is 5.11 Å². The van der Waals surface area contributed by atoms with E-state index >= 15 is 0 Å². The summed E-state index contributed by atoms with van der Waals surface area (Å²) < 4.78 is 0. The molecule has 0 aromatic heterocycles. The first-order valence-corrected chi connectivity index (χ1v) is 3.34. The fourth-order valence-electron chi connectivity index (χ4n) is 0.525. The molecule has 0 aromatic rings. The zero-order chi connectivity index (χ0) is 6.36. The molecule has 1 aliphatic carbocycles. The van der Waals surface area contributed by atoms with Crippen molar-refractivity contribution in [3.63, 3.8) is 0 Å². The highest BCUT2D eigenvalue weighted by atomic mass is 79.9. The first-order chi connectivity index (χ1) is 3.57. The second-order valence-corrected chi connectivity index (χ2v) is 3.48. The highest BCUT2D eigenvalue weighted by Crippen LogP contribution is 2.50. The number of hydrogen-bond donors (Lipinski definition) is 0. The number of carboxylic acid groups (broad SMARTS) is 1. The molecule has 0 radical (unpaired) electrons. The Hall–Kier alpha value is -0.0500. The summed E-state index contributed by atoms with van der Waals surface area (Å²) in [6, 6.07) is 0. The van der Waals surface area contributed by atoms with Crippen LogP contribution >= 0.6 is 15.9 Å². The van der Waals surface area contributed by atoms with Crippen LogP contribution in [-0.2, 0) is 4.79 Å². The third-order valence-electron chi connectivity index (χ3n) is 1.60. The van der Waals surface area contributed by atoms with Gasteiger partial charge in [0, 0.05) is 16.2 Å². The molecule has 3 heteroatoms. The lowest BCUT2D eigenvalue weighted by Crippen LogP contribution is -2.32. The zero-order valence-corrected chi connectivity index (χ0v) is 6.06. The molecule has 0 aliphatic heterocycles. The molecule has 2 atom stereocenters. The molecular weight excluding hydrogens is 172 g/mol. The van der Waals surface area contributed by atoms with E-state index in [1.54, 1.807) is 6.92 Å². The molecule has 0 saturated heterocycles. The van der Waals surface area contributed by atoms with Gasteiger partial charge < -0.3 is 9.90 Å². The van der Waals surface area contributed by atoms with Crippen molar-refractivity contribution >= 4 is 21.9 Å². The van der Waals surface area contributed by atoms with Crippen molar-refractivity contribution in [2.45, 2.75) is 18.2 Å². The van der Waals surface area contributed by atoms with Gasteiger partial charge in [-0.3, -0.25) is 0 Å². The topological polar surface area (TPSA) is 40.1 Å². The van der Waals surface area contributed by atoms with Gasteiger partial charge in [-0.05, 0) is 6.42 Å². The number of halogens is 1. The third-order valence-corrected chi connectivity index (χ3v) is 2.94. The maximum Gasteiger partial charge on any atom is 0.0485 e. The largest absolute Gasteiger partial charge is 0.550 e. The van der Waals surface area contributed by atoms with E-state index in [0.29, 0.717) is 6.42 Å². The first kappa shape index (κ1) is 6.08. The summed E-state index contributed by atoms with van der Waals surface area (Å²) in [5, 5.41) is 10.2. The molecule has 0 aromatic carbocycles. The van der Waals surface area contributed by atoms with E-state index in [2.05, 4.69) is 15.9 Å². The number of aliphatic carboxylic acids is 1. The molecule has 0 spiro atoms. The zero-order valence-electron chi connectivity index (χ0n) is 4.48. The Kier molecular flexibility index (Phi) is 1.11. The lowest BCUT2D eigenvalue weighted by Gasteiger charge is -2.07. The van der Waals surface area contributed by atoms with Gasteiger partial charge in [-0.15, -0.1) is 0 Å². The van der Waals surface area contributed by atoms with Crippen LogP contribution in [0.2, 0.25) is 0 Å². The maximum absolute atomic E-state index is 10.2. The molecule has 0 unspecified atom stereocenters. The van der Waals surface area contributed by atoms with E-state index in [4.69, 9.17) is 0 Å². The summed E-state index contributed by atoms with van der Waals surface area (Å²) in [7, 11) is 0. The second-order valence-electron chi connectivity index (χ2n) is 2.38. The summed E-state index contributed by atoms with van der Waals surface area (Å²) in [6.07, 6.45) is 0.704. The van der Waals surface area contributed by atoms with Gasteiger partial charge >= 0.3 is 0 Å². The highest BCUT2D eigenvalue weighted by Gasteiger charge is 2.49. The van der Waals surface area contributed by atoms with Crippen molar-refractivity contribution in [2.75, 3.05) is 0 Å². The number of carbonyl (C=O) groups excluding carboxylic acids is 1. The minimum absolute atomic E-state index is 0.139. The first-order valence-electron chi connectivity index (χ1n) is 2.43. The predicted octanol–water partition coefficient (Wildman–Crippen LogP) is -0.0902. The SMILES string of the molecule is C[C@]1(C(=O)[O-])C[C@@H]1Br. The van der Waals surface area contributed by atoms with E-state index in [-0.39, 0.29) is 4.83 Å². The Labute approximate surface area is 56.0 Å². The molecule has 0 N–H and O–H groups in total. The van der Waals surface area contributed by atoms with Gasteiger partial charge in [0.25, 0.3) is 0 Å². The number of carbonyl (C=O) groups is 1. The Bertz CT molecular complexity index is 134. The number of hydrogen-bond acceptors (Lipinski definition) is 2. The van der Waals surface area contributed by atoms with Crippen LogP contribution in [0.5, 0.6) is 0 Å². The molecule has 1 rings (SSSR count). The van der Waals surface area contributed by atoms with Crippen molar-refractivity contribution in [2.24, 2.45) is 5.41 Å². The fraction of sp³-hybridized carbons (Fsp3) is 0.800. The molecule has 0 amide bonds. The monoisotopic (exact) mass is 177 g/mol. The average molecular weight is 178 g/mol. The lowest BCUT2D eigenvalue weighted by molar-refractivity contribution is -0.312. The summed E-state index contributed by atoms with van der Waals surface area (Å²) in [5.74, 6) is -0.945. The predicted molar refractivity (Wildman–Crippen MR) is 30.4 cm³/mol. The minimum atomic E-state index is -0.945. The molecule has 0 bridgehead atoms. The normalized spacial score (nSPS) is 44.0. The van der Waals surface area contributed by atoms with Crippen molar-refractivity contribution in [1.82, 2.24) is 0 Å². The number of rotatable bonds is 1. The van der Waals surface area contributed by atoms with Gasteiger partial charge in [0.15, 0.2) is 0 Å². The summed E-state index contributed by atoms with van der Waals surface area (Å²) in [6.45, 7) is 1.68. The van der Waals surface area contributed by atoms with Gasteiger partial charge in [-0.2, -0.15) is 0 Å². The summed E-state index contributed by atoms with van der Waals surface area (Å²) in [4.78, 5) is 10.3. The van der Waals surface area contributed by atoms with Crippen molar-refractivity contribution in [3.05, 3.63) is 0 Å². The lowest BCUT2D eigenvalue weighted by atomic mass is 10.2. The van der Waals surface area contributed by atoms with E-state index in [1.807, 2.05) is 0 Å². The van der Waals surface area contributed by atoms with Gasteiger partial charge in [0.05, 0.1) is 0 Å². The molecule has 1 aliphatic rings. The fourth-order valence-corrected chi connectivity index (χ4v) is 1.38. The molecule has 1 saturated carbocycles. The van der Waals surface area contributed by atoms with Gasteiger partial charge in [-0.1, -0.05) is 22.9 Å². The van der Waals surface area contributed by atoms with Gasteiger partial charge in [0.2, 0.25) is 0 Å². The molecule has 2 nitrogen and oxygen atoms in total. The van der Waals surface area contributed by atoms with E-state index < -0.39 is 11.4 Å². The molecule has 0 heterocycles. The standard InChI is InChI=1S/C5H7BrO2/c1-5(4(7)8)2-3(5)6/h3H,2H2,1H3,(H,7,8)/p-1/t3-,5-/m0/s1. The van der Waals surface area contributed by atoms with Gasteiger partial charge in [0.1, 0.15) is 0 Å². The Morgan fingerprint density at radius 1 is 2.00 bits per heavy atom. The second kappa shape index (κ2) is 1.47. The van der Waals surface area contributed by atoms with Gasteiger partial charge in [-0.25, -0.2) is 0 Å². The minimum Gasteiger partial charge on any atom is -0.550 e. The van der Waals surface area contributed by atoms with E-state index in [9.17, 15) is 9.90 Å². The quantitative estimate of drug-likeness (QED) is 0.526. The summed E-state index contributed by atoms with van der Waals surface area (Å²) >= 11 is 3.18. The van der Waals surface area contributed by atoms with Crippen molar-refractivity contribution in [3.8, 4) is 0 Å². The Balaban J connectivity index is 2.60. The molecule has 46 valence electrons. The van der Waals surface area contributed by atoms with Crippen LogP contribution in [0.4, 0.5) is 0 Å². The van der Waals surface area contributed by atoms with E-state index in [0.717, 1.165) is 0 Å². The van der Waals surface area contributed by atoms with Crippen molar-refractivity contribution in [1.29, 1.82) is 0 Å². The molecule has 1 fully saturated rings. The van der Waals surface area contributed by atoms with Crippen LogP contribution in [0.3, 0.4) is 0 Å². The molecular formula is C5H6BrO2-. The average Bonchev–Trinajstić information content (AvgIpc) is 2.17. The van der Waals surface area contributed by atoms with Crippen LogP contribution in [0.1, 0.15) is 13.3 Å². The number of alkyl halides is 1. The van der Waals surface area contributed by atoms with Crippen LogP contribution in [-0.4, -0.2) is 10.8 Å². The summed E-state index contributed by atoms with van der Waals surface area (Å²) in [5.41, 5.74) is -0.569. The van der Waals surface area contributed by atoms with Crippen LogP contribution in [0, 0.1) is 5.41 Å². The highest BCUT2D eigenvalue weighted by molar-refractivity contribution is 9.09. The Morgan fingerprint density at radius 2 is 2.38 bits per heavy atom.